The molecule has 1 unspecified atom stereocenters. The molecule has 2 aromatic heterocycles. The molecule has 0 fully saturated rings. The summed E-state index contributed by atoms with van der Waals surface area (Å²) in [6, 6.07) is 11.9. The van der Waals surface area contributed by atoms with Crippen LogP contribution in [0.2, 0.25) is 0 Å². The van der Waals surface area contributed by atoms with E-state index < -0.39 is 29.4 Å². The number of carbonyl (C=O) groups excluding carboxylic acids is 2. The number of rotatable bonds is 2. The molecule has 0 aliphatic heterocycles. The van der Waals surface area contributed by atoms with Gasteiger partial charge in [-0.1, -0.05) is 30.3 Å². The highest BCUT2D eigenvalue weighted by Crippen LogP contribution is 2.43. The first-order chi connectivity index (χ1) is 12.4. The minimum absolute atomic E-state index is 0.00214. The Morgan fingerprint density at radius 3 is 2.19 bits per heavy atom. The molecule has 6 heteroatoms. The van der Waals surface area contributed by atoms with Gasteiger partial charge in [0.15, 0.2) is 0 Å². The van der Waals surface area contributed by atoms with Crippen molar-refractivity contribution in [3.05, 3.63) is 76.1 Å². The summed E-state index contributed by atoms with van der Waals surface area (Å²) in [4.78, 5) is 29.8. The fourth-order valence-corrected chi connectivity index (χ4v) is 3.41. The van der Waals surface area contributed by atoms with Crippen LogP contribution in [0.4, 0.5) is 0 Å². The van der Waals surface area contributed by atoms with Crippen LogP contribution in [0.15, 0.2) is 42.5 Å². The second-order valence-corrected chi connectivity index (χ2v) is 6.36. The molecule has 6 nitrogen and oxygen atoms in total. The van der Waals surface area contributed by atoms with Crippen LogP contribution in [-0.4, -0.2) is 31.3 Å². The topological polar surface area (TPSA) is 92.4 Å². The van der Waals surface area contributed by atoms with Gasteiger partial charge in [-0.25, -0.2) is 4.98 Å². The largest absolute Gasteiger partial charge is 0.494 e. The highest BCUT2D eigenvalue weighted by atomic mass is 16.3. The molecule has 0 radical (unpaired) electrons. The third-order valence-corrected chi connectivity index (χ3v) is 4.77. The molecule has 1 aromatic carbocycles. The van der Waals surface area contributed by atoms with Crippen molar-refractivity contribution < 1.29 is 19.8 Å². The van der Waals surface area contributed by atoms with Crippen molar-refractivity contribution in [2.45, 2.75) is 19.9 Å². The number of ketones is 2. The minimum Gasteiger partial charge on any atom is -0.494 e. The van der Waals surface area contributed by atoms with Gasteiger partial charge in [0.05, 0.1) is 17.2 Å². The molecule has 130 valence electrons. The average molecular weight is 348 g/mol. The molecular weight excluding hydrogens is 332 g/mol. The molecule has 2 N–H and O–H groups in total. The van der Waals surface area contributed by atoms with Gasteiger partial charge < -0.3 is 10.2 Å². The summed E-state index contributed by atoms with van der Waals surface area (Å²) in [5.74, 6) is -1.93. The minimum atomic E-state index is -0.565. The predicted molar refractivity (Wildman–Crippen MR) is 93.9 cm³/mol. The van der Waals surface area contributed by atoms with Gasteiger partial charge in [0, 0.05) is 5.69 Å². The molecule has 0 amide bonds. The lowest BCUT2D eigenvalue weighted by atomic mass is 9.89. The van der Waals surface area contributed by atoms with Crippen molar-refractivity contribution in [2.24, 2.45) is 0 Å². The van der Waals surface area contributed by atoms with E-state index in [0.29, 0.717) is 5.69 Å². The van der Waals surface area contributed by atoms with E-state index in [1.807, 2.05) is 30.3 Å². The van der Waals surface area contributed by atoms with E-state index in [1.165, 1.54) is 10.6 Å². The van der Waals surface area contributed by atoms with Crippen LogP contribution in [0.3, 0.4) is 0 Å². The third-order valence-electron chi connectivity index (χ3n) is 4.77. The standard InChI is InChI=1S/C20H16N2O4/c1-10-8-9-13-16(21-10)18(24)15-14(17(13)23)19(25)22(20(15)26)11(2)12-6-4-3-5-7-12/h3-9,11,25-26H,1-2H3. The van der Waals surface area contributed by atoms with Crippen LogP contribution in [0, 0.1) is 6.92 Å². The van der Waals surface area contributed by atoms with Crippen molar-refractivity contribution in [3.63, 3.8) is 0 Å². The van der Waals surface area contributed by atoms with Crippen molar-refractivity contribution in [1.29, 1.82) is 0 Å². The lowest BCUT2D eigenvalue weighted by Gasteiger charge is -2.16. The molecular formula is C20H16N2O4. The maximum Gasteiger partial charge on any atom is 0.218 e. The second kappa shape index (κ2) is 5.56. The van der Waals surface area contributed by atoms with Gasteiger partial charge in [-0.2, -0.15) is 0 Å². The predicted octanol–water partition coefficient (Wildman–Crippen LogP) is 2.99. The lowest BCUT2D eigenvalue weighted by Crippen LogP contribution is -2.21. The summed E-state index contributed by atoms with van der Waals surface area (Å²) in [5, 5.41) is 21.3. The Balaban J connectivity index is 1.94. The maximum absolute atomic E-state index is 12.9. The zero-order valence-corrected chi connectivity index (χ0v) is 14.2. The number of pyridine rings is 1. The monoisotopic (exact) mass is 348 g/mol. The van der Waals surface area contributed by atoms with E-state index in [-0.39, 0.29) is 22.4 Å². The van der Waals surface area contributed by atoms with Crippen molar-refractivity contribution in [2.75, 3.05) is 0 Å². The summed E-state index contributed by atoms with van der Waals surface area (Å²) in [7, 11) is 0. The van der Waals surface area contributed by atoms with E-state index in [4.69, 9.17) is 0 Å². The summed E-state index contributed by atoms with van der Waals surface area (Å²) in [6.07, 6.45) is 0. The zero-order chi connectivity index (χ0) is 18.6. The number of aromatic nitrogens is 2. The Bertz CT molecular complexity index is 1070. The number of fused-ring (bicyclic) bond motifs is 2. The van der Waals surface area contributed by atoms with Gasteiger partial charge in [0.2, 0.25) is 23.3 Å². The van der Waals surface area contributed by atoms with Gasteiger partial charge in [-0.3, -0.25) is 14.2 Å². The fourth-order valence-electron chi connectivity index (χ4n) is 3.41. The third kappa shape index (κ3) is 2.08. The van der Waals surface area contributed by atoms with Crippen LogP contribution in [0.25, 0.3) is 0 Å². The van der Waals surface area contributed by atoms with Gasteiger partial charge in [-0.05, 0) is 31.5 Å². The van der Waals surface area contributed by atoms with Gasteiger partial charge in [0.1, 0.15) is 11.3 Å². The van der Waals surface area contributed by atoms with E-state index >= 15 is 0 Å². The Kier molecular flexibility index (Phi) is 3.44. The molecule has 0 bridgehead atoms. The smallest absolute Gasteiger partial charge is 0.218 e. The molecule has 3 aromatic rings. The number of hydrogen-bond acceptors (Lipinski definition) is 5. The highest BCUT2D eigenvalue weighted by Gasteiger charge is 2.40. The Morgan fingerprint density at radius 1 is 0.923 bits per heavy atom. The van der Waals surface area contributed by atoms with Crippen LogP contribution < -0.4 is 0 Å². The normalized spacial score (nSPS) is 14.1. The van der Waals surface area contributed by atoms with Crippen LogP contribution in [-0.2, 0) is 0 Å². The quantitative estimate of drug-likeness (QED) is 0.581. The molecule has 2 heterocycles. The van der Waals surface area contributed by atoms with Gasteiger partial charge in [0.25, 0.3) is 0 Å². The summed E-state index contributed by atoms with van der Waals surface area (Å²) in [5.41, 5.74) is 1.18. The maximum atomic E-state index is 12.9. The van der Waals surface area contributed by atoms with Crippen molar-refractivity contribution >= 4 is 11.6 Å². The summed E-state index contributed by atoms with van der Waals surface area (Å²) in [6.45, 7) is 3.48. The molecule has 1 aliphatic carbocycles. The van der Waals surface area contributed by atoms with Crippen LogP contribution in [0.5, 0.6) is 11.8 Å². The van der Waals surface area contributed by atoms with Crippen LogP contribution in [0.1, 0.15) is 56.2 Å². The van der Waals surface area contributed by atoms with E-state index in [2.05, 4.69) is 4.98 Å². The second-order valence-electron chi connectivity index (χ2n) is 6.36. The molecule has 0 spiro atoms. The summed E-state index contributed by atoms with van der Waals surface area (Å²) < 4.78 is 1.20. The molecule has 26 heavy (non-hydrogen) atoms. The van der Waals surface area contributed by atoms with Crippen molar-refractivity contribution in [3.8, 4) is 11.8 Å². The molecule has 1 aliphatic rings. The Labute approximate surface area is 149 Å². The highest BCUT2D eigenvalue weighted by molar-refractivity contribution is 6.29. The first-order valence-corrected chi connectivity index (χ1v) is 8.20. The number of nitrogens with zero attached hydrogens (tertiary/aromatic N) is 2. The fraction of sp³-hybridized carbons (Fsp3) is 0.150. The number of aryl methyl sites for hydroxylation is 1. The molecule has 0 saturated carbocycles. The van der Waals surface area contributed by atoms with Gasteiger partial charge >= 0.3 is 0 Å². The van der Waals surface area contributed by atoms with Gasteiger partial charge in [-0.15, -0.1) is 0 Å². The molecule has 4 rings (SSSR count). The van der Waals surface area contributed by atoms with Crippen LogP contribution >= 0.6 is 0 Å². The number of hydrogen-bond donors (Lipinski definition) is 2. The Hall–Kier alpha value is -3.41. The van der Waals surface area contributed by atoms with E-state index in [0.717, 1.165) is 5.56 Å². The first-order valence-electron chi connectivity index (χ1n) is 8.20. The summed E-state index contributed by atoms with van der Waals surface area (Å²) >= 11 is 0. The van der Waals surface area contributed by atoms with Crippen molar-refractivity contribution in [1.82, 2.24) is 9.55 Å². The first kappa shape index (κ1) is 16.1. The zero-order valence-electron chi connectivity index (χ0n) is 14.2. The van der Waals surface area contributed by atoms with E-state index in [1.54, 1.807) is 19.9 Å². The number of carbonyl (C=O) groups is 2. The molecule has 1 atom stereocenters. The number of aromatic hydroxyl groups is 2. The number of benzene rings is 1. The Morgan fingerprint density at radius 2 is 1.54 bits per heavy atom. The molecule has 0 saturated heterocycles. The van der Waals surface area contributed by atoms with E-state index in [9.17, 15) is 19.8 Å². The average Bonchev–Trinajstić information content (AvgIpc) is 2.90. The lowest BCUT2D eigenvalue weighted by molar-refractivity contribution is 0.0972. The SMILES string of the molecule is Cc1ccc2c(n1)C(=O)c1c(c(O)n(C(C)c3ccccc3)c1O)C2=O.